The first kappa shape index (κ1) is 44.8. The van der Waals surface area contributed by atoms with Crippen LogP contribution in [0.25, 0.3) is 0 Å². The van der Waals surface area contributed by atoms with Crippen molar-refractivity contribution in [3.8, 4) is 0 Å². The lowest BCUT2D eigenvalue weighted by Crippen LogP contribution is -2.69. The van der Waals surface area contributed by atoms with Crippen LogP contribution in [0.2, 0.25) is 0 Å². The molecule has 0 bridgehead atoms. The largest absolute Gasteiger partial charge is 0.394 e. The van der Waals surface area contributed by atoms with Gasteiger partial charge in [-0.15, -0.1) is 0 Å². The quantitative estimate of drug-likeness (QED) is 0.0612. The van der Waals surface area contributed by atoms with Crippen molar-refractivity contribution in [3.63, 3.8) is 0 Å². The van der Waals surface area contributed by atoms with Crippen LogP contribution in [0.1, 0.15) is 90.7 Å². The van der Waals surface area contributed by atoms with E-state index in [0.717, 1.165) is 55.4 Å². The second-order valence-electron chi connectivity index (χ2n) is 14.5. The van der Waals surface area contributed by atoms with Gasteiger partial charge in [0.15, 0.2) is 18.8 Å². The molecule has 6 unspecified atom stereocenters. The molecule has 1 aromatic heterocycles. The number of aliphatic hydroxyl groups excluding tert-OH is 8. The molecular formula is C35H58N4O16. The summed E-state index contributed by atoms with van der Waals surface area (Å²) in [6.07, 6.45) is -14.8. The molecule has 0 aliphatic carbocycles. The summed E-state index contributed by atoms with van der Waals surface area (Å²) in [7, 11) is 0. The second kappa shape index (κ2) is 21.1. The summed E-state index contributed by atoms with van der Waals surface area (Å²) in [6, 6.07) is -1.93. The number of carbonyl (C=O) groups excluding carboxylic acids is 2. The molecule has 20 heteroatoms. The summed E-state index contributed by atoms with van der Waals surface area (Å²) in [5.41, 5.74) is -1.67. The number of ether oxygens (including phenoxy) is 4. The molecule has 0 spiro atoms. The Hall–Kier alpha value is -2.86. The molecule has 3 saturated heterocycles. The number of amides is 2. The summed E-state index contributed by atoms with van der Waals surface area (Å²) in [5, 5.41) is 92.1. The van der Waals surface area contributed by atoms with Gasteiger partial charge in [0.25, 0.3) is 5.56 Å². The van der Waals surface area contributed by atoms with Crippen molar-refractivity contribution in [2.24, 2.45) is 0 Å². The highest BCUT2D eigenvalue weighted by atomic mass is 16.8. The van der Waals surface area contributed by atoms with Gasteiger partial charge in [0.2, 0.25) is 11.8 Å². The first-order valence-electron chi connectivity index (χ1n) is 19.1. The molecule has 314 valence electrons. The van der Waals surface area contributed by atoms with Crippen LogP contribution in [0.3, 0.4) is 0 Å². The Labute approximate surface area is 317 Å². The summed E-state index contributed by atoms with van der Waals surface area (Å²) in [5.74, 6) is -1.02. The lowest BCUT2D eigenvalue weighted by Gasteiger charge is -2.47. The SMILES string of the molecule is CCCCCCC(=O)NC1C(O[C@@H]2OC(C[C@@H](O)[C@H]3O[C@@H](n4ccc(=O)[nH]c4=O)[C@H](O)[C@@H]3O)C(O)C(O)[C@H]2NC(=O)CCCCCC)O[C@@H](CO)[C@@H](O)C1O. The van der Waals surface area contributed by atoms with Crippen molar-refractivity contribution in [2.75, 3.05) is 6.61 Å². The number of aromatic amines is 1. The van der Waals surface area contributed by atoms with Crippen LogP contribution in [0.4, 0.5) is 0 Å². The molecule has 0 aromatic carbocycles. The molecular weight excluding hydrogens is 732 g/mol. The third-order valence-corrected chi connectivity index (χ3v) is 10.3. The Bertz CT molecular complexity index is 1480. The van der Waals surface area contributed by atoms with E-state index < -0.39 is 128 Å². The Morgan fingerprint density at radius 1 is 0.764 bits per heavy atom. The first-order valence-corrected chi connectivity index (χ1v) is 19.1. The normalized spacial score (nSPS) is 35.7. The fourth-order valence-corrected chi connectivity index (χ4v) is 7.05. The zero-order valence-corrected chi connectivity index (χ0v) is 31.1. The topological polar surface area (TPSA) is 312 Å². The molecule has 4 rings (SSSR count). The number of carbonyl (C=O) groups is 2. The number of nitrogens with one attached hydrogen (secondary N) is 3. The molecule has 20 nitrogen and oxygen atoms in total. The molecule has 3 aliphatic heterocycles. The predicted molar refractivity (Wildman–Crippen MR) is 189 cm³/mol. The van der Waals surface area contributed by atoms with E-state index in [4.69, 9.17) is 18.9 Å². The number of H-pyrrole nitrogens is 1. The van der Waals surface area contributed by atoms with Crippen LogP contribution < -0.4 is 21.9 Å². The maximum atomic E-state index is 13.0. The van der Waals surface area contributed by atoms with Crippen LogP contribution in [0.5, 0.6) is 0 Å². The molecule has 0 saturated carbocycles. The maximum Gasteiger partial charge on any atom is 0.330 e. The van der Waals surface area contributed by atoms with Crippen LogP contribution >= 0.6 is 0 Å². The predicted octanol–water partition coefficient (Wildman–Crippen LogP) is -3.28. The monoisotopic (exact) mass is 790 g/mol. The average Bonchev–Trinajstić information content (AvgIpc) is 3.44. The highest BCUT2D eigenvalue weighted by molar-refractivity contribution is 5.76. The van der Waals surface area contributed by atoms with Crippen molar-refractivity contribution in [3.05, 3.63) is 33.1 Å². The number of aromatic nitrogens is 2. The van der Waals surface area contributed by atoms with E-state index >= 15 is 0 Å². The van der Waals surface area contributed by atoms with Crippen molar-refractivity contribution < 1.29 is 69.4 Å². The number of hydrogen-bond acceptors (Lipinski definition) is 16. The van der Waals surface area contributed by atoms with Gasteiger partial charge in [-0.3, -0.25) is 23.9 Å². The van der Waals surface area contributed by atoms with Gasteiger partial charge < -0.3 is 70.4 Å². The number of nitrogens with zero attached hydrogens (tertiary/aromatic N) is 1. The molecule has 3 aliphatic rings. The van der Waals surface area contributed by atoms with Gasteiger partial charge >= 0.3 is 5.69 Å². The van der Waals surface area contributed by atoms with Crippen molar-refractivity contribution in [1.29, 1.82) is 0 Å². The summed E-state index contributed by atoms with van der Waals surface area (Å²) < 4.78 is 24.3. The molecule has 3 fully saturated rings. The van der Waals surface area contributed by atoms with Crippen LogP contribution in [-0.4, -0.2) is 155 Å². The lowest BCUT2D eigenvalue weighted by molar-refractivity contribution is -0.347. The van der Waals surface area contributed by atoms with E-state index in [2.05, 4.69) is 10.6 Å². The number of aliphatic hydroxyl groups is 8. The Morgan fingerprint density at radius 3 is 1.80 bits per heavy atom. The van der Waals surface area contributed by atoms with E-state index in [-0.39, 0.29) is 12.8 Å². The van der Waals surface area contributed by atoms with Gasteiger partial charge in [0.05, 0.1) is 18.8 Å². The minimum absolute atomic E-state index is 0.0566. The highest BCUT2D eigenvalue weighted by Crippen LogP contribution is 2.34. The van der Waals surface area contributed by atoms with Gasteiger partial charge in [-0.05, 0) is 12.8 Å². The summed E-state index contributed by atoms with van der Waals surface area (Å²) in [6.45, 7) is 3.25. The van der Waals surface area contributed by atoms with Crippen molar-refractivity contribution >= 4 is 11.8 Å². The van der Waals surface area contributed by atoms with Gasteiger partial charge in [-0.1, -0.05) is 52.4 Å². The van der Waals surface area contributed by atoms with E-state index in [0.29, 0.717) is 12.8 Å². The molecule has 4 heterocycles. The maximum absolute atomic E-state index is 13.0. The van der Waals surface area contributed by atoms with Crippen LogP contribution in [-0.2, 0) is 28.5 Å². The number of rotatable bonds is 19. The molecule has 1 aromatic rings. The number of unbranched alkanes of at least 4 members (excludes halogenated alkanes) is 6. The number of hydrogen-bond donors (Lipinski definition) is 11. The Kier molecular flexibility index (Phi) is 17.2. The zero-order valence-electron chi connectivity index (χ0n) is 31.1. The van der Waals surface area contributed by atoms with Gasteiger partial charge in [-0.2, -0.15) is 0 Å². The molecule has 11 N–H and O–H groups in total. The third kappa shape index (κ3) is 11.4. The van der Waals surface area contributed by atoms with Gasteiger partial charge in [-0.25, -0.2) is 4.79 Å². The fraction of sp³-hybridized carbons (Fsp3) is 0.829. The Morgan fingerprint density at radius 2 is 1.29 bits per heavy atom. The van der Waals surface area contributed by atoms with Crippen molar-refractivity contribution in [1.82, 2.24) is 20.2 Å². The van der Waals surface area contributed by atoms with E-state index in [1.54, 1.807) is 0 Å². The standard InChI is InChI=1S/C35H58N4O16/c1-3-5-7-9-11-20(42)36-23-27(47)25(45)18(15-17(41)31-29(49)30(50)32(54-31)39-14-13-22(44)38-35(39)51)52-33(23)55-34-24(28(48)26(46)19(16-40)53-34)37-21(43)12-10-8-6-4-2/h13-14,17-19,23-34,40-41,45-50H,3-12,15-16H2,1-2H3,(H,36,42)(H,37,43)(H,38,44,51)/t17-,18?,19+,23-,24?,25?,26-,27?,28?,29+,30-,31-,32-,33+,34?/m1/s1. The molecule has 0 radical (unpaired) electrons. The van der Waals surface area contributed by atoms with E-state index in [1.807, 2.05) is 18.8 Å². The average molecular weight is 791 g/mol. The van der Waals surface area contributed by atoms with Gasteiger partial charge in [0, 0.05) is 31.5 Å². The lowest BCUT2D eigenvalue weighted by atomic mass is 9.91. The second-order valence-corrected chi connectivity index (χ2v) is 14.5. The molecule has 2 amide bonds. The Balaban J connectivity index is 1.56. The van der Waals surface area contributed by atoms with E-state index in [9.17, 15) is 60.0 Å². The fourth-order valence-electron chi connectivity index (χ4n) is 7.05. The molecule has 55 heavy (non-hydrogen) atoms. The highest BCUT2D eigenvalue weighted by Gasteiger charge is 2.53. The minimum Gasteiger partial charge on any atom is -0.394 e. The van der Waals surface area contributed by atoms with Crippen LogP contribution in [0.15, 0.2) is 21.9 Å². The van der Waals surface area contributed by atoms with Gasteiger partial charge in [0.1, 0.15) is 60.9 Å². The smallest absolute Gasteiger partial charge is 0.330 e. The van der Waals surface area contributed by atoms with Crippen molar-refractivity contribution in [2.45, 2.75) is 176 Å². The molecule has 15 atom stereocenters. The summed E-state index contributed by atoms with van der Waals surface area (Å²) >= 11 is 0. The zero-order chi connectivity index (χ0) is 40.4. The first-order chi connectivity index (χ1) is 26.2. The van der Waals surface area contributed by atoms with Crippen LogP contribution in [0, 0.1) is 0 Å². The third-order valence-electron chi connectivity index (χ3n) is 10.3. The minimum atomic E-state index is -1.82. The summed E-state index contributed by atoms with van der Waals surface area (Å²) in [4.78, 5) is 51.8. The van der Waals surface area contributed by atoms with E-state index in [1.165, 1.54) is 0 Å².